The van der Waals surface area contributed by atoms with E-state index in [1.54, 1.807) is 24.0 Å². The third-order valence-electron chi connectivity index (χ3n) is 5.09. The number of nitrogens with zero attached hydrogens (tertiary/aromatic N) is 2. The molecule has 0 aromatic heterocycles. The molecule has 0 atom stereocenters. The number of piperazine rings is 1. The number of carbonyl (C=O) groups is 2. The van der Waals surface area contributed by atoms with Gasteiger partial charge in [0.05, 0.1) is 18.4 Å². The molecule has 9 heteroatoms. The van der Waals surface area contributed by atoms with E-state index >= 15 is 0 Å². The summed E-state index contributed by atoms with van der Waals surface area (Å²) < 4.78 is 33.3. The van der Waals surface area contributed by atoms with E-state index in [9.17, 15) is 18.4 Å². The van der Waals surface area contributed by atoms with Gasteiger partial charge in [0.1, 0.15) is 5.82 Å². The molecule has 1 heterocycles. The van der Waals surface area contributed by atoms with Crippen LogP contribution in [0.5, 0.6) is 5.75 Å². The van der Waals surface area contributed by atoms with Crippen molar-refractivity contribution in [1.82, 2.24) is 15.1 Å². The zero-order valence-corrected chi connectivity index (χ0v) is 17.6. The highest BCUT2D eigenvalue weighted by Crippen LogP contribution is 2.23. The molecule has 2 N–H and O–H groups in total. The first-order valence-corrected chi connectivity index (χ1v) is 10.1. The van der Waals surface area contributed by atoms with Crippen LogP contribution >= 0.6 is 0 Å². The highest BCUT2D eigenvalue weighted by molar-refractivity contribution is 6.03. The SMILES string of the molecule is CCNC(=O)Nc1cccc(F)c1C(=O)N1CCN(Cc2ccc(OC)c(F)c2)CC1. The fraction of sp³-hybridized carbons (Fsp3) is 0.364. The number of hydrogen-bond donors (Lipinski definition) is 2. The molecule has 2 aromatic rings. The molecule has 3 amide bonds. The number of halogens is 2. The highest BCUT2D eigenvalue weighted by Gasteiger charge is 2.27. The average molecular weight is 432 g/mol. The molecule has 2 aromatic carbocycles. The normalized spacial score (nSPS) is 14.3. The molecule has 1 saturated heterocycles. The maximum Gasteiger partial charge on any atom is 0.319 e. The second-order valence-corrected chi connectivity index (χ2v) is 7.18. The van der Waals surface area contributed by atoms with E-state index in [0.29, 0.717) is 39.3 Å². The summed E-state index contributed by atoms with van der Waals surface area (Å²) in [5.41, 5.74) is 0.784. The number of ether oxygens (including phenoxy) is 1. The van der Waals surface area contributed by atoms with Crippen LogP contribution in [0.3, 0.4) is 0 Å². The van der Waals surface area contributed by atoms with Crippen molar-refractivity contribution in [3.8, 4) is 5.75 Å². The van der Waals surface area contributed by atoms with Crippen LogP contribution in [-0.4, -0.2) is 61.6 Å². The number of rotatable bonds is 6. The molecule has 0 aliphatic carbocycles. The van der Waals surface area contributed by atoms with Crippen LogP contribution in [0.1, 0.15) is 22.8 Å². The zero-order valence-electron chi connectivity index (χ0n) is 17.6. The molecule has 0 unspecified atom stereocenters. The lowest BCUT2D eigenvalue weighted by atomic mass is 10.1. The average Bonchev–Trinajstić information content (AvgIpc) is 2.74. The molecule has 0 radical (unpaired) electrons. The van der Waals surface area contributed by atoms with E-state index in [1.165, 1.54) is 31.4 Å². The lowest BCUT2D eigenvalue weighted by Gasteiger charge is -2.35. The topological polar surface area (TPSA) is 73.9 Å². The van der Waals surface area contributed by atoms with E-state index in [0.717, 1.165) is 5.56 Å². The number of nitrogens with one attached hydrogen (secondary N) is 2. The number of benzene rings is 2. The van der Waals surface area contributed by atoms with Gasteiger partial charge >= 0.3 is 6.03 Å². The summed E-state index contributed by atoms with van der Waals surface area (Å²) in [6.45, 7) is 4.62. The van der Waals surface area contributed by atoms with Crippen LogP contribution in [0.15, 0.2) is 36.4 Å². The van der Waals surface area contributed by atoms with Gasteiger partial charge in [-0.3, -0.25) is 9.69 Å². The number of amides is 3. The summed E-state index contributed by atoms with van der Waals surface area (Å²) in [6.07, 6.45) is 0. The lowest BCUT2D eigenvalue weighted by molar-refractivity contribution is 0.0625. The van der Waals surface area contributed by atoms with Gasteiger partial charge in [-0.2, -0.15) is 0 Å². The van der Waals surface area contributed by atoms with Crippen molar-refractivity contribution < 1.29 is 23.1 Å². The van der Waals surface area contributed by atoms with Gasteiger partial charge < -0.3 is 20.3 Å². The number of hydrogen-bond acceptors (Lipinski definition) is 4. The van der Waals surface area contributed by atoms with Gasteiger partial charge in [-0.1, -0.05) is 12.1 Å². The molecule has 7 nitrogen and oxygen atoms in total. The van der Waals surface area contributed by atoms with Crippen LogP contribution in [0.25, 0.3) is 0 Å². The Balaban J connectivity index is 1.64. The van der Waals surface area contributed by atoms with Gasteiger partial charge in [-0.05, 0) is 36.8 Å². The molecule has 0 bridgehead atoms. The van der Waals surface area contributed by atoms with Crippen molar-refractivity contribution in [3.05, 3.63) is 59.2 Å². The van der Waals surface area contributed by atoms with Crippen molar-refractivity contribution in [2.75, 3.05) is 45.2 Å². The van der Waals surface area contributed by atoms with Crippen LogP contribution in [0.2, 0.25) is 0 Å². The van der Waals surface area contributed by atoms with E-state index in [2.05, 4.69) is 15.5 Å². The molecule has 1 fully saturated rings. The van der Waals surface area contributed by atoms with Crippen molar-refractivity contribution in [2.24, 2.45) is 0 Å². The summed E-state index contributed by atoms with van der Waals surface area (Å²) in [7, 11) is 1.42. The fourth-order valence-electron chi connectivity index (χ4n) is 3.51. The molecule has 3 rings (SSSR count). The molecule has 0 saturated carbocycles. The Morgan fingerprint density at radius 2 is 1.81 bits per heavy atom. The first-order chi connectivity index (χ1) is 14.9. The van der Waals surface area contributed by atoms with Gasteiger partial charge in [0.2, 0.25) is 0 Å². The van der Waals surface area contributed by atoms with Gasteiger partial charge in [0.25, 0.3) is 5.91 Å². The second-order valence-electron chi connectivity index (χ2n) is 7.18. The molecule has 0 spiro atoms. The Labute approximate surface area is 180 Å². The maximum absolute atomic E-state index is 14.5. The molecule has 1 aliphatic heterocycles. The van der Waals surface area contributed by atoms with Crippen molar-refractivity contribution in [2.45, 2.75) is 13.5 Å². The fourth-order valence-corrected chi connectivity index (χ4v) is 3.51. The summed E-state index contributed by atoms with van der Waals surface area (Å²) in [5.74, 6) is -1.38. The number of anilines is 1. The second kappa shape index (κ2) is 10.2. The van der Waals surface area contributed by atoms with Crippen LogP contribution in [0, 0.1) is 11.6 Å². The van der Waals surface area contributed by atoms with E-state index < -0.39 is 23.6 Å². The molecule has 1 aliphatic rings. The molecular formula is C22H26F2N4O3. The molecule has 31 heavy (non-hydrogen) atoms. The number of methoxy groups -OCH3 is 1. The highest BCUT2D eigenvalue weighted by atomic mass is 19.1. The van der Waals surface area contributed by atoms with Crippen LogP contribution in [0.4, 0.5) is 19.3 Å². The Hall–Kier alpha value is -3.20. The van der Waals surface area contributed by atoms with Crippen LogP contribution < -0.4 is 15.4 Å². The predicted octanol–water partition coefficient (Wildman–Crippen LogP) is 3.07. The number of urea groups is 1. The number of carbonyl (C=O) groups excluding carboxylic acids is 2. The first-order valence-electron chi connectivity index (χ1n) is 10.1. The minimum absolute atomic E-state index is 0.132. The monoisotopic (exact) mass is 432 g/mol. The van der Waals surface area contributed by atoms with Crippen molar-refractivity contribution in [3.63, 3.8) is 0 Å². The van der Waals surface area contributed by atoms with E-state index in [1.807, 2.05) is 0 Å². The first kappa shape index (κ1) is 22.5. The van der Waals surface area contributed by atoms with Crippen molar-refractivity contribution >= 4 is 17.6 Å². The standard InChI is InChI=1S/C22H26F2N4O3/c1-3-25-22(30)26-18-6-4-5-16(23)20(18)21(29)28-11-9-27(10-12-28)14-15-7-8-19(31-2)17(24)13-15/h4-8,13H,3,9-12,14H2,1-2H3,(H2,25,26,30). The summed E-state index contributed by atoms with van der Waals surface area (Å²) in [6, 6.07) is 8.47. The minimum Gasteiger partial charge on any atom is -0.494 e. The third kappa shape index (κ3) is 5.49. The summed E-state index contributed by atoms with van der Waals surface area (Å²) >= 11 is 0. The van der Waals surface area contributed by atoms with Gasteiger partial charge in [-0.25, -0.2) is 13.6 Å². The van der Waals surface area contributed by atoms with E-state index in [4.69, 9.17) is 4.74 Å². The Bertz CT molecular complexity index is 946. The smallest absolute Gasteiger partial charge is 0.319 e. The summed E-state index contributed by atoms with van der Waals surface area (Å²) in [5, 5.41) is 5.10. The Morgan fingerprint density at radius 3 is 2.45 bits per heavy atom. The van der Waals surface area contributed by atoms with Gasteiger partial charge in [0, 0.05) is 39.3 Å². The Morgan fingerprint density at radius 1 is 1.06 bits per heavy atom. The lowest BCUT2D eigenvalue weighted by Crippen LogP contribution is -2.48. The third-order valence-corrected chi connectivity index (χ3v) is 5.09. The largest absolute Gasteiger partial charge is 0.494 e. The van der Waals surface area contributed by atoms with Crippen molar-refractivity contribution in [1.29, 1.82) is 0 Å². The molecular weight excluding hydrogens is 406 g/mol. The quantitative estimate of drug-likeness (QED) is 0.736. The minimum atomic E-state index is -0.685. The zero-order chi connectivity index (χ0) is 22.4. The Kier molecular flexibility index (Phi) is 7.41. The van der Waals surface area contributed by atoms with E-state index in [-0.39, 0.29) is 17.0 Å². The predicted molar refractivity (Wildman–Crippen MR) is 113 cm³/mol. The van der Waals surface area contributed by atoms with Crippen LogP contribution in [-0.2, 0) is 6.54 Å². The maximum atomic E-state index is 14.5. The summed E-state index contributed by atoms with van der Waals surface area (Å²) in [4.78, 5) is 28.5. The van der Waals surface area contributed by atoms with Gasteiger partial charge in [-0.15, -0.1) is 0 Å². The molecule has 166 valence electrons. The van der Waals surface area contributed by atoms with Gasteiger partial charge in [0.15, 0.2) is 11.6 Å².